The van der Waals surface area contributed by atoms with Gasteiger partial charge in [-0.2, -0.15) is 0 Å². The molecule has 1 aliphatic carbocycles. The molecule has 0 unspecified atom stereocenters. The first-order valence-corrected chi connectivity index (χ1v) is 11.2. The standard InChI is InChI=1S/C17H16ClFN4O.C7H14O/c1-8-10-4-9(14-12(18)7-22-16(20)23-14)5-13(19)15(10)21-6-11(8)17(2,3)24;8-7-5-3-1-2-4-6-7/h4-7,24H,1-3H3,(H2,20,22,23);7-8H,1-6H2. The minimum absolute atomic E-state index is 0.0255. The van der Waals surface area contributed by atoms with Crippen molar-refractivity contribution in [1.29, 1.82) is 0 Å². The van der Waals surface area contributed by atoms with Gasteiger partial charge in [0.15, 0.2) is 0 Å². The van der Waals surface area contributed by atoms with E-state index in [4.69, 9.17) is 22.4 Å². The molecule has 6 nitrogen and oxygen atoms in total. The Morgan fingerprint density at radius 3 is 2.38 bits per heavy atom. The van der Waals surface area contributed by atoms with Gasteiger partial charge in [0.1, 0.15) is 11.3 Å². The molecule has 2 heterocycles. The number of hydrogen-bond acceptors (Lipinski definition) is 6. The van der Waals surface area contributed by atoms with Crippen molar-refractivity contribution in [3.8, 4) is 11.3 Å². The molecule has 1 aromatic carbocycles. The first-order valence-electron chi connectivity index (χ1n) is 10.9. The summed E-state index contributed by atoms with van der Waals surface area (Å²) in [5.41, 5.74) is 6.92. The summed E-state index contributed by atoms with van der Waals surface area (Å²) in [6, 6.07) is 3.05. The number of nitrogens with two attached hydrogens (primary N) is 1. The van der Waals surface area contributed by atoms with Gasteiger partial charge in [0.25, 0.3) is 0 Å². The summed E-state index contributed by atoms with van der Waals surface area (Å²) in [6.07, 6.45) is 10.1. The van der Waals surface area contributed by atoms with Gasteiger partial charge in [0, 0.05) is 22.7 Å². The molecule has 4 rings (SSSR count). The second-order valence-corrected chi connectivity index (χ2v) is 9.19. The fourth-order valence-corrected chi connectivity index (χ4v) is 4.18. The highest BCUT2D eigenvalue weighted by atomic mass is 35.5. The van der Waals surface area contributed by atoms with Gasteiger partial charge in [-0.25, -0.2) is 14.4 Å². The van der Waals surface area contributed by atoms with Crippen LogP contribution < -0.4 is 5.73 Å². The first kappa shape index (κ1) is 24.3. The normalized spacial score (nSPS) is 15.2. The Kier molecular flexibility index (Phi) is 7.64. The third kappa shape index (κ3) is 5.71. The van der Waals surface area contributed by atoms with Gasteiger partial charge in [-0.3, -0.25) is 4.98 Å². The minimum atomic E-state index is -1.09. The van der Waals surface area contributed by atoms with E-state index in [1.165, 1.54) is 44.1 Å². The van der Waals surface area contributed by atoms with Crippen molar-refractivity contribution in [3.05, 3.63) is 46.5 Å². The molecule has 32 heavy (non-hydrogen) atoms. The third-order valence-electron chi connectivity index (χ3n) is 5.71. The number of aliphatic hydroxyl groups excluding tert-OH is 1. The number of anilines is 1. The lowest BCUT2D eigenvalue weighted by molar-refractivity contribution is 0.0777. The SMILES string of the molecule is Cc1c(C(C)(C)O)cnc2c(F)cc(-c3nc(N)ncc3Cl)cc12.OC1CCCCCC1. The van der Waals surface area contributed by atoms with Crippen LogP contribution in [0, 0.1) is 12.7 Å². The maximum Gasteiger partial charge on any atom is 0.220 e. The Morgan fingerprint density at radius 1 is 1.09 bits per heavy atom. The van der Waals surface area contributed by atoms with Crippen LogP contribution in [-0.4, -0.2) is 31.3 Å². The van der Waals surface area contributed by atoms with Crippen molar-refractivity contribution >= 4 is 28.5 Å². The highest BCUT2D eigenvalue weighted by Crippen LogP contribution is 2.34. The zero-order chi connectivity index (χ0) is 23.5. The van der Waals surface area contributed by atoms with Crippen molar-refractivity contribution < 1.29 is 14.6 Å². The average molecular weight is 461 g/mol. The maximum atomic E-state index is 14.5. The number of aromatic nitrogens is 3. The Morgan fingerprint density at radius 2 is 1.75 bits per heavy atom. The maximum absolute atomic E-state index is 14.5. The van der Waals surface area contributed by atoms with E-state index in [1.54, 1.807) is 19.9 Å². The molecule has 0 atom stereocenters. The molecule has 1 saturated carbocycles. The highest BCUT2D eigenvalue weighted by molar-refractivity contribution is 6.33. The molecule has 0 saturated heterocycles. The van der Waals surface area contributed by atoms with E-state index in [1.807, 2.05) is 6.92 Å². The van der Waals surface area contributed by atoms with E-state index in [0.29, 0.717) is 22.2 Å². The number of aliphatic hydroxyl groups is 2. The fraction of sp³-hybridized carbons (Fsp3) is 0.458. The molecule has 3 aromatic rings. The molecule has 1 aliphatic rings. The van der Waals surface area contributed by atoms with Crippen LogP contribution in [0.15, 0.2) is 24.5 Å². The van der Waals surface area contributed by atoms with Gasteiger partial charge >= 0.3 is 0 Å². The van der Waals surface area contributed by atoms with Crippen molar-refractivity contribution in [1.82, 2.24) is 15.0 Å². The minimum Gasteiger partial charge on any atom is -0.393 e. The number of fused-ring (bicyclic) bond motifs is 1. The summed E-state index contributed by atoms with van der Waals surface area (Å²) in [5.74, 6) is -0.448. The molecule has 0 aliphatic heterocycles. The Balaban J connectivity index is 0.000000305. The van der Waals surface area contributed by atoms with E-state index in [0.717, 1.165) is 18.4 Å². The molecule has 1 fully saturated rings. The molecule has 2 aromatic heterocycles. The van der Waals surface area contributed by atoms with Crippen molar-refractivity contribution in [2.45, 2.75) is 71.0 Å². The van der Waals surface area contributed by atoms with Crippen LogP contribution in [0.1, 0.15) is 63.5 Å². The predicted octanol–water partition coefficient (Wildman–Crippen LogP) is 5.30. The smallest absolute Gasteiger partial charge is 0.220 e. The van der Waals surface area contributed by atoms with E-state index in [2.05, 4.69) is 15.0 Å². The van der Waals surface area contributed by atoms with Crippen LogP contribution >= 0.6 is 11.6 Å². The lowest BCUT2D eigenvalue weighted by Gasteiger charge is -2.21. The van der Waals surface area contributed by atoms with Gasteiger partial charge in [-0.15, -0.1) is 0 Å². The summed E-state index contributed by atoms with van der Waals surface area (Å²) in [6.45, 7) is 5.13. The molecule has 0 radical (unpaired) electrons. The number of nitrogens with zero attached hydrogens (tertiary/aromatic N) is 3. The number of hydrogen-bond donors (Lipinski definition) is 3. The van der Waals surface area contributed by atoms with Crippen molar-refractivity contribution in [3.63, 3.8) is 0 Å². The third-order valence-corrected chi connectivity index (χ3v) is 5.99. The van der Waals surface area contributed by atoms with Gasteiger partial charge in [-0.1, -0.05) is 37.3 Å². The second kappa shape index (κ2) is 10.1. The molecular weight excluding hydrogens is 431 g/mol. The lowest BCUT2D eigenvalue weighted by Crippen LogP contribution is -2.17. The van der Waals surface area contributed by atoms with Crippen LogP contribution in [0.4, 0.5) is 10.3 Å². The number of rotatable bonds is 2. The molecule has 8 heteroatoms. The molecule has 4 N–H and O–H groups in total. The zero-order valence-electron chi connectivity index (χ0n) is 18.7. The average Bonchev–Trinajstić information content (AvgIpc) is 2.97. The Bertz CT molecular complexity index is 1090. The number of aryl methyl sites for hydroxylation is 1. The molecule has 172 valence electrons. The van der Waals surface area contributed by atoms with Crippen LogP contribution in [0.25, 0.3) is 22.2 Å². The van der Waals surface area contributed by atoms with Crippen LogP contribution in [0.5, 0.6) is 0 Å². The van der Waals surface area contributed by atoms with Gasteiger partial charge < -0.3 is 15.9 Å². The largest absolute Gasteiger partial charge is 0.393 e. The van der Waals surface area contributed by atoms with Crippen LogP contribution in [0.2, 0.25) is 5.02 Å². The summed E-state index contributed by atoms with van der Waals surface area (Å²) in [4.78, 5) is 12.1. The second-order valence-electron chi connectivity index (χ2n) is 8.78. The van der Waals surface area contributed by atoms with E-state index in [9.17, 15) is 9.50 Å². The predicted molar refractivity (Wildman–Crippen MR) is 126 cm³/mol. The monoisotopic (exact) mass is 460 g/mol. The van der Waals surface area contributed by atoms with E-state index in [-0.39, 0.29) is 22.6 Å². The molecular formula is C24H30ClFN4O2. The van der Waals surface area contributed by atoms with Crippen molar-refractivity contribution in [2.24, 2.45) is 0 Å². The summed E-state index contributed by atoms with van der Waals surface area (Å²) in [7, 11) is 0. The summed E-state index contributed by atoms with van der Waals surface area (Å²) >= 11 is 6.12. The number of pyridine rings is 1. The van der Waals surface area contributed by atoms with E-state index >= 15 is 0 Å². The molecule has 0 spiro atoms. The zero-order valence-corrected chi connectivity index (χ0v) is 19.5. The number of nitrogen functional groups attached to an aromatic ring is 1. The molecule has 0 amide bonds. The van der Waals surface area contributed by atoms with Crippen LogP contribution in [-0.2, 0) is 5.60 Å². The Labute approximate surface area is 192 Å². The number of halogens is 2. The van der Waals surface area contributed by atoms with Gasteiger partial charge in [0.05, 0.1) is 28.6 Å². The lowest BCUT2D eigenvalue weighted by atomic mass is 9.92. The number of benzene rings is 1. The van der Waals surface area contributed by atoms with Crippen molar-refractivity contribution in [2.75, 3.05) is 5.73 Å². The highest BCUT2D eigenvalue weighted by Gasteiger charge is 2.22. The molecule has 0 bridgehead atoms. The van der Waals surface area contributed by atoms with Gasteiger partial charge in [-0.05, 0) is 51.3 Å². The van der Waals surface area contributed by atoms with E-state index < -0.39 is 11.4 Å². The first-order chi connectivity index (χ1) is 15.1. The Hall–Kier alpha value is -2.35. The fourth-order valence-electron chi connectivity index (χ4n) is 3.98. The topological polar surface area (TPSA) is 105 Å². The quantitative estimate of drug-likeness (QED) is 0.448. The summed E-state index contributed by atoms with van der Waals surface area (Å²) < 4.78 is 14.5. The van der Waals surface area contributed by atoms with Crippen LogP contribution in [0.3, 0.4) is 0 Å². The summed E-state index contributed by atoms with van der Waals surface area (Å²) in [5, 5.41) is 20.2. The van der Waals surface area contributed by atoms with Gasteiger partial charge in [0.2, 0.25) is 5.95 Å².